The highest BCUT2D eigenvalue weighted by molar-refractivity contribution is 5.99. The fourth-order valence-corrected chi connectivity index (χ4v) is 3.62. The molecule has 0 radical (unpaired) electrons. The molecule has 166 valence electrons. The van der Waals surface area contributed by atoms with Gasteiger partial charge in [-0.2, -0.15) is 10.2 Å². The monoisotopic (exact) mass is 442 g/mol. The summed E-state index contributed by atoms with van der Waals surface area (Å²) in [6.07, 6.45) is -1.61. The number of rotatable bonds is 5. The van der Waals surface area contributed by atoms with E-state index >= 15 is 0 Å². The summed E-state index contributed by atoms with van der Waals surface area (Å²) in [6.45, 7) is 4.07. The molecule has 10 heteroatoms. The number of aromatic nitrogens is 5. The highest BCUT2D eigenvalue weighted by Gasteiger charge is 2.24. The molecule has 4 rings (SSSR count). The molecular weight excluding hydrogens is 421 g/mol. The van der Waals surface area contributed by atoms with Gasteiger partial charge in [-0.1, -0.05) is 0 Å². The zero-order chi connectivity index (χ0) is 23.2. The van der Waals surface area contributed by atoms with Gasteiger partial charge in [0, 0.05) is 37.5 Å². The summed E-state index contributed by atoms with van der Waals surface area (Å²) in [5.41, 5.74) is 2.99. The Bertz CT molecular complexity index is 1310. The van der Waals surface area contributed by atoms with Crippen molar-refractivity contribution in [2.24, 2.45) is 7.05 Å². The van der Waals surface area contributed by atoms with Crippen molar-refractivity contribution in [2.45, 2.75) is 26.8 Å². The molecule has 0 saturated heterocycles. The summed E-state index contributed by atoms with van der Waals surface area (Å²) in [4.78, 5) is 19.1. The topological polar surface area (TPSA) is 68.3 Å². The highest BCUT2D eigenvalue weighted by Crippen LogP contribution is 2.27. The van der Waals surface area contributed by atoms with E-state index in [4.69, 9.17) is 0 Å². The maximum atomic E-state index is 13.8. The van der Waals surface area contributed by atoms with Crippen LogP contribution in [0.15, 0.2) is 36.5 Å². The zero-order valence-electron chi connectivity index (χ0n) is 18.0. The number of amides is 1. The van der Waals surface area contributed by atoms with Gasteiger partial charge in [0.05, 0.1) is 17.6 Å². The number of carbonyl (C=O) groups excluding carboxylic acids is 1. The van der Waals surface area contributed by atoms with Gasteiger partial charge in [-0.25, -0.2) is 22.7 Å². The Morgan fingerprint density at radius 1 is 1.19 bits per heavy atom. The van der Waals surface area contributed by atoms with Crippen LogP contribution < -0.4 is 0 Å². The van der Waals surface area contributed by atoms with Crippen molar-refractivity contribution in [1.29, 1.82) is 0 Å². The van der Waals surface area contributed by atoms with Crippen LogP contribution in [0.4, 0.5) is 13.2 Å². The number of alkyl halides is 2. The molecule has 1 aromatic carbocycles. The van der Waals surface area contributed by atoms with Gasteiger partial charge < -0.3 is 4.90 Å². The molecular formula is C22H21F3N6O. The molecule has 1 amide bonds. The first-order valence-corrected chi connectivity index (χ1v) is 9.84. The third-order valence-corrected chi connectivity index (χ3v) is 5.49. The largest absolute Gasteiger partial charge is 0.337 e. The number of hydrogen-bond donors (Lipinski definition) is 0. The van der Waals surface area contributed by atoms with Gasteiger partial charge in [0.2, 0.25) is 0 Å². The average Bonchev–Trinajstić information content (AvgIpc) is 3.29. The maximum absolute atomic E-state index is 13.8. The lowest BCUT2D eigenvalue weighted by atomic mass is 10.1. The standard InChI is InChI=1S/C22H21F3N6O/c1-12-17(13(2)30(4)28-12)11-29(3)22(32)16-10-26-31-19(20(24)25)9-18(27-21(16)31)14-5-7-15(23)8-6-14/h5-10,20H,11H2,1-4H3. The molecule has 0 aliphatic rings. The fraction of sp³-hybridized carbons (Fsp3) is 0.273. The SMILES string of the molecule is Cc1nn(C)c(C)c1CN(C)C(=O)c1cnn2c(C(F)F)cc(-c3ccc(F)cc3)nc12. The fourth-order valence-electron chi connectivity index (χ4n) is 3.62. The van der Waals surface area contributed by atoms with Crippen LogP contribution in [0.1, 0.15) is 39.4 Å². The van der Waals surface area contributed by atoms with E-state index < -0.39 is 23.8 Å². The van der Waals surface area contributed by atoms with E-state index in [1.807, 2.05) is 20.9 Å². The molecule has 0 spiro atoms. The van der Waals surface area contributed by atoms with Gasteiger partial charge >= 0.3 is 0 Å². The third kappa shape index (κ3) is 3.72. The van der Waals surface area contributed by atoms with Gasteiger partial charge in [0.25, 0.3) is 12.3 Å². The minimum atomic E-state index is -2.85. The smallest absolute Gasteiger partial charge is 0.280 e. The van der Waals surface area contributed by atoms with Crippen molar-refractivity contribution in [1.82, 2.24) is 29.3 Å². The zero-order valence-corrected chi connectivity index (χ0v) is 18.0. The maximum Gasteiger partial charge on any atom is 0.280 e. The highest BCUT2D eigenvalue weighted by atomic mass is 19.3. The molecule has 0 saturated carbocycles. The minimum absolute atomic E-state index is 0.0126. The van der Waals surface area contributed by atoms with E-state index in [2.05, 4.69) is 15.2 Å². The van der Waals surface area contributed by atoms with Gasteiger partial charge in [0.1, 0.15) is 17.1 Å². The van der Waals surface area contributed by atoms with E-state index in [1.54, 1.807) is 11.7 Å². The normalized spacial score (nSPS) is 11.5. The van der Waals surface area contributed by atoms with Crippen LogP contribution in [0.5, 0.6) is 0 Å². The first kappa shape index (κ1) is 21.5. The van der Waals surface area contributed by atoms with Crippen molar-refractivity contribution >= 4 is 11.6 Å². The van der Waals surface area contributed by atoms with E-state index in [1.165, 1.54) is 41.4 Å². The minimum Gasteiger partial charge on any atom is -0.337 e. The Kier molecular flexibility index (Phi) is 5.45. The molecule has 7 nitrogen and oxygen atoms in total. The number of aryl methyl sites for hydroxylation is 2. The molecule has 0 bridgehead atoms. The summed E-state index contributed by atoms with van der Waals surface area (Å²) in [5, 5.41) is 8.35. The lowest BCUT2D eigenvalue weighted by Gasteiger charge is -2.17. The second-order valence-corrected chi connectivity index (χ2v) is 7.60. The Balaban J connectivity index is 1.77. The van der Waals surface area contributed by atoms with E-state index in [9.17, 15) is 18.0 Å². The predicted octanol–water partition coefficient (Wildman–Crippen LogP) is 4.10. The second-order valence-electron chi connectivity index (χ2n) is 7.60. The van der Waals surface area contributed by atoms with Crippen molar-refractivity contribution in [3.63, 3.8) is 0 Å². The lowest BCUT2D eigenvalue weighted by molar-refractivity contribution is 0.0786. The molecule has 0 unspecified atom stereocenters. The van der Waals surface area contributed by atoms with Crippen LogP contribution >= 0.6 is 0 Å². The molecule has 32 heavy (non-hydrogen) atoms. The Labute approximate surface area is 182 Å². The quantitative estimate of drug-likeness (QED) is 0.467. The first-order chi connectivity index (χ1) is 15.2. The van der Waals surface area contributed by atoms with Crippen molar-refractivity contribution in [3.05, 3.63) is 70.6 Å². The number of halogens is 3. The molecule has 0 fully saturated rings. The number of nitrogens with zero attached hydrogens (tertiary/aromatic N) is 6. The molecule has 0 aliphatic heterocycles. The molecule has 4 aromatic rings. The van der Waals surface area contributed by atoms with Crippen molar-refractivity contribution < 1.29 is 18.0 Å². The number of benzene rings is 1. The van der Waals surface area contributed by atoms with Crippen molar-refractivity contribution in [3.8, 4) is 11.3 Å². The Hall–Kier alpha value is -3.69. The Morgan fingerprint density at radius 2 is 1.88 bits per heavy atom. The Morgan fingerprint density at radius 3 is 2.47 bits per heavy atom. The summed E-state index contributed by atoms with van der Waals surface area (Å²) < 4.78 is 43.5. The first-order valence-electron chi connectivity index (χ1n) is 9.84. The summed E-state index contributed by atoms with van der Waals surface area (Å²) in [5.74, 6) is -0.863. The molecule has 0 aliphatic carbocycles. The number of carbonyl (C=O) groups is 1. The number of fused-ring (bicyclic) bond motifs is 1. The summed E-state index contributed by atoms with van der Waals surface area (Å²) in [6, 6.07) is 6.52. The summed E-state index contributed by atoms with van der Waals surface area (Å²) in [7, 11) is 3.45. The van der Waals surface area contributed by atoms with Gasteiger partial charge in [0.15, 0.2) is 5.65 Å². The van der Waals surface area contributed by atoms with Crippen LogP contribution in [-0.2, 0) is 13.6 Å². The molecule has 0 atom stereocenters. The molecule has 3 heterocycles. The molecule has 0 N–H and O–H groups in total. The van der Waals surface area contributed by atoms with Crippen LogP contribution in [0.25, 0.3) is 16.9 Å². The van der Waals surface area contributed by atoms with Crippen LogP contribution in [0.2, 0.25) is 0 Å². The van der Waals surface area contributed by atoms with Crippen molar-refractivity contribution in [2.75, 3.05) is 7.05 Å². The average molecular weight is 442 g/mol. The van der Waals surface area contributed by atoms with Crippen LogP contribution in [-0.4, -0.2) is 42.2 Å². The van der Waals surface area contributed by atoms with E-state index in [0.29, 0.717) is 12.1 Å². The van der Waals surface area contributed by atoms with Crippen LogP contribution in [0, 0.1) is 19.7 Å². The molecule has 3 aromatic heterocycles. The second kappa shape index (κ2) is 8.10. The van der Waals surface area contributed by atoms with E-state index in [0.717, 1.165) is 21.5 Å². The van der Waals surface area contributed by atoms with Crippen LogP contribution in [0.3, 0.4) is 0 Å². The lowest BCUT2D eigenvalue weighted by Crippen LogP contribution is -2.26. The van der Waals surface area contributed by atoms with E-state index in [-0.39, 0.29) is 16.9 Å². The van der Waals surface area contributed by atoms with Gasteiger partial charge in [-0.3, -0.25) is 9.48 Å². The predicted molar refractivity (Wildman–Crippen MR) is 112 cm³/mol. The third-order valence-electron chi connectivity index (χ3n) is 5.49. The summed E-state index contributed by atoms with van der Waals surface area (Å²) >= 11 is 0. The van der Waals surface area contributed by atoms with Gasteiger partial charge in [-0.05, 0) is 44.2 Å². The van der Waals surface area contributed by atoms with Gasteiger partial charge in [-0.15, -0.1) is 0 Å². The number of hydrogen-bond acceptors (Lipinski definition) is 4.